The number of nitrogens with one attached hydrogen (secondary N) is 1. The van der Waals surface area contributed by atoms with Crippen molar-refractivity contribution in [2.75, 3.05) is 19.6 Å². The van der Waals surface area contributed by atoms with E-state index in [1.54, 1.807) is 0 Å². The van der Waals surface area contributed by atoms with Crippen molar-refractivity contribution >= 4 is 15.9 Å². The number of nitrogens with zero attached hydrogens (tertiary/aromatic N) is 1. The number of hydrogen-bond acceptors (Lipinski definition) is 2. The highest BCUT2D eigenvalue weighted by atomic mass is 79.9. The largest absolute Gasteiger partial charge is 0.315 e. The molecule has 1 aliphatic rings. The zero-order valence-corrected chi connectivity index (χ0v) is 11.9. The van der Waals surface area contributed by atoms with E-state index in [1.807, 2.05) is 0 Å². The Morgan fingerprint density at radius 3 is 2.94 bits per heavy atom. The molecule has 0 saturated carbocycles. The number of benzene rings is 1. The van der Waals surface area contributed by atoms with Crippen LogP contribution in [0.1, 0.15) is 18.9 Å². The fraction of sp³-hybridized carbons (Fsp3) is 0.538. The second-order valence-electron chi connectivity index (χ2n) is 4.68. The third kappa shape index (κ3) is 3.08. The molecule has 1 heterocycles. The molecule has 18 heavy (non-hydrogen) atoms. The third-order valence-corrected chi connectivity index (χ3v) is 4.05. The van der Waals surface area contributed by atoms with Crippen molar-refractivity contribution in [2.24, 2.45) is 0 Å². The van der Waals surface area contributed by atoms with Crippen molar-refractivity contribution in [1.82, 2.24) is 10.2 Å². The lowest BCUT2D eigenvalue weighted by molar-refractivity contribution is 0.205. The third-order valence-electron chi connectivity index (χ3n) is 3.44. The standard InChI is InChI=1S/C13H17BrF2N2/c1-9-4-5-17-6-7-18(9)8-10-12(15)3-2-11(14)13(10)16/h2-3,9,17H,4-8H2,1H3. The molecule has 5 heteroatoms. The van der Waals surface area contributed by atoms with Crippen molar-refractivity contribution in [3.8, 4) is 0 Å². The van der Waals surface area contributed by atoms with E-state index in [0.29, 0.717) is 17.1 Å². The second kappa shape index (κ2) is 6.08. The topological polar surface area (TPSA) is 15.3 Å². The summed E-state index contributed by atoms with van der Waals surface area (Å²) in [5.41, 5.74) is 0.151. The lowest BCUT2D eigenvalue weighted by Gasteiger charge is -2.26. The van der Waals surface area contributed by atoms with Crippen LogP contribution in [-0.4, -0.2) is 30.6 Å². The van der Waals surface area contributed by atoms with Crippen molar-refractivity contribution in [1.29, 1.82) is 0 Å². The van der Waals surface area contributed by atoms with Crippen molar-refractivity contribution in [3.05, 3.63) is 33.8 Å². The molecule has 100 valence electrons. The van der Waals surface area contributed by atoms with Crippen molar-refractivity contribution < 1.29 is 8.78 Å². The summed E-state index contributed by atoms with van der Waals surface area (Å²) in [4.78, 5) is 2.12. The molecule has 1 N–H and O–H groups in total. The molecule has 1 fully saturated rings. The first-order chi connectivity index (χ1) is 8.59. The molecule has 2 rings (SSSR count). The normalized spacial score (nSPS) is 21.9. The number of hydrogen-bond donors (Lipinski definition) is 1. The average molecular weight is 319 g/mol. The Hall–Kier alpha value is -0.520. The van der Waals surface area contributed by atoms with Gasteiger partial charge in [0.1, 0.15) is 11.6 Å². The van der Waals surface area contributed by atoms with Crippen LogP contribution in [-0.2, 0) is 6.54 Å². The van der Waals surface area contributed by atoms with Crippen LogP contribution in [0.4, 0.5) is 8.78 Å². The Kier molecular flexibility index (Phi) is 4.70. The Balaban J connectivity index is 2.19. The highest BCUT2D eigenvalue weighted by molar-refractivity contribution is 9.10. The summed E-state index contributed by atoms with van der Waals surface area (Å²) in [6.07, 6.45) is 0.997. The zero-order valence-electron chi connectivity index (χ0n) is 10.3. The van der Waals surface area contributed by atoms with Gasteiger partial charge in [-0.05, 0) is 48.0 Å². The van der Waals surface area contributed by atoms with Crippen molar-refractivity contribution in [3.63, 3.8) is 0 Å². The first kappa shape index (κ1) is 13.9. The monoisotopic (exact) mass is 318 g/mol. The molecule has 1 aromatic carbocycles. The van der Waals surface area contributed by atoms with Crippen LogP contribution in [0.2, 0.25) is 0 Å². The summed E-state index contributed by atoms with van der Waals surface area (Å²) < 4.78 is 27.9. The fourth-order valence-electron chi connectivity index (χ4n) is 2.21. The minimum atomic E-state index is -0.487. The summed E-state index contributed by atoms with van der Waals surface area (Å²) >= 11 is 3.10. The maximum Gasteiger partial charge on any atom is 0.144 e. The van der Waals surface area contributed by atoms with E-state index in [4.69, 9.17) is 0 Å². The SMILES string of the molecule is CC1CCNCCN1Cc1c(F)ccc(Br)c1F. The van der Waals surface area contributed by atoms with Crippen LogP contribution in [0.3, 0.4) is 0 Å². The van der Waals surface area contributed by atoms with E-state index >= 15 is 0 Å². The minimum absolute atomic E-state index is 0.151. The highest BCUT2D eigenvalue weighted by Crippen LogP contribution is 2.24. The molecule has 1 saturated heterocycles. The molecular formula is C13H17BrF2N2. The first-order valence-electron chi connectivity index (χ1n) is 6.16. The summed E-state index contributed by atoms with van der Waals surface area (Å²) in [7, 11) is 0. The number of halogens is 3. The van der Waals surface area contributed by atoms with Gasteiger partial charge in [0.15, 0.2) is 0 Å². The molecule has 1 unspecified atom stereocenters. The molecule has 0 amide bonds. The molecule has 1 atom stereocenters. The summed E-state index contributed by atoms with van der Waals surface area (Å²) in [5, 5.41) is 3.30. The second-order valence-corrected chi connectivity index (χ2v) is 5.53. The van der Waals surface area contributed by atoms with E-state index in [0.717, 1.165) is 26.1 Å². The van der Waals surface area contributed by atoms with Gasteiger partial charge in [-0.25, -0.2) is 8.78 Å². The maximum absolute atomic E-state index is 13.9. The first-order valence-corrected chi connectivity index (χ1v) is 6.96. The van der Waals surface area contributed by atoms with Gasteiger partial charge in [0.2, 0.25) is 0 Å². The highest BCUT2D eigenvalue weighted by Gasteiger charge is 2.21. The number of rotatable bonds is 2. The van der Waals surface area contributed by atoms with E-state index < -0.39 is 11.6 Å². The summed E-state index contributed by atoms with van der Waals surface area (Å²) in [6.45, 7) is 5.05. The summed E-state index contributed by atoms with van der Waals surface area (Å²) in [6, 6.07) is 3.04. The Morgan fingerprint density at radius 1 is 1.39 bits per heavy atom. The van der Waals surface area contributed by atoms with Crippen LogP contribution in [0.25, 0.3) is 0 Å². The molecule has 0 aliphatic carbocycles. The van der Waals surface area contributed by atoms with Gasteiger partial charge in [-0.1, -0.05) is 0 Å². The van der Waals surface area contributed by atoms with Gasteiger partial charge >= 0.3 is 0 Å². The molecule has 0 spiro atoms. The van der Waals surface area contributed by atoms with Crippen LogP contribution in [0.15, 0.2) is 16.6 Å². The van der Waals surface area contributed by atoms with Gasteiger partial charge in [-0.2, -0.15) is 0 Å². The molecular weight excluding hydrogens is 302 g/mol. The molecule has 0 radical (unpaired) electrons. The van der Waals surface area contributed by atoms with Crippen LogP contribution in [0.5, 0.6) is 0 Å². The maximum atomic E-state index is 13.9. The van der Waals surface area contributed by atoms with Gasteiger partial charge in [0, 0.05) is 31.2 Å². The van der Waals surface area contributed by atoms with E-state index in [2.05, 4.69) is 33.1 Å². The van der Waals surface area contributed by atoms with Crippen LogP contribution >= 0.6 is 15.9 Å². The summed E-state index contributed by atoms with van der Waals surface area (Å²) in [5.74, 6) is -0.959. The minimum Gasteiger partial charge on any atom is -0.315 e. The zero-order chi connectivity index (χ0) is 13.1. The van der Waals surface area contributed by atoms with Gasteiger partial charge in [0.05, 0.1) is 4.47 Å². The van der Waals surface area contributed by atoms with Gasteiger partial charge < -0.3 is 5.32 Å². The average Bonchev–Trinajstić information content (AvgIpc) is 2.55. The Labute approximate surface area is 114 Å². The van der Waals surface area contributed by atoms with Gasteiger partial charge in [0.25, 0.3) is 0 Å². The lowest BCUT2D eigenvalue weighted by Crippen LogP contribution is -2.34. The van der Waals surface area contributed by atoms with Crippen molar-refractivity contribution in [2.45, 2.75) is 25.9 Å². The molecule has 0 aromatic heterocycles. The smallest absolute Gasteiger partial charge is 0.144 e. The van der Waals surface area contributed by atoms with Gasteiger partial charge in [-0.15, -0.1) is 0 Å². The van der Waals surface area contributed by atoms with E-state index in [-0.39, 0.29) is 5.56 Å². The van der Waals surface area contributed by atoms with Crippen LogP contribution in [0, 0.1) is 11.6 Å². The fourth-order valence-corrected chi connectivity index (χ4v) is 2.59. The quantitative estimate of drug-likeness (QED) is 0.843. The molecule has 1 aliphatic heterocycles. The molecule has 1 aromatic rings. The predicted molar refractivity (Wildman–Crippen MR) is 71.4 cm³/mol. The lowest BCUT2D eigenvalue weighted by atomic mass is 10.1. The predicted octanol–water partition coefficient (Wildman–Crippen LogP) is 2.91. The van der Waals surface area contributed by atoms with E-state index in [9.17, 15) is 8.78 Å². The molecule has 2 nitrogen and oxygen atoms in total. The van der Waals surface area contributed by atoms with Crippen LogP contribution < -0.4 is 5.32 Å². The Bertz CT molecular complexity index is 426. The van der Waals surface area contributed by atoms with E-state index in [1.165, 1.54) is 12.1 Å². The molecule has 0 bridgehead atoms. The Morgan fingerprint density at radius 2 is 2.17 bits per heavy atom. The van der Waals surface area contributed by atoms with Gasteiger partial charge in [-0.3, -0.25) is 4.90 Å².